The van der Waals surface area contributed by atoms with Crippen LogP contribution in [0.5, 0.6) is 11.5 Å². The van der Waals surface area contributed by atoms with Crippen molar-refractivity contribution in [2.24, 2.45) is 0 Å². The molecule has 0 radical (unpaired) electrons. The van der Waals surface area contributed by atoms with Crippen molar-refractivity contribution in [3.8, 4) is 11.5 Å². The number of Topliss-reactive ketones (excluding diaryl/α,β-unsaturated/α-hetero) is 3. The second-order valence-electron chi connectivity index (χ2n) is 21.2. The van der Waals surface area contributed by atoms with E-state index < -0.39 is 113 Å². The van der Waals surface area contributed by atoms with Crippen LogP contribution in [-0.4, -0.2) is 105 Å². The molecule has 2 amide bonds. The Morgan fingerprint density at radius 1 is 0.597 bits per heavy atom. The van der Waals surface area contributed by atoms with Gasteiger partial charge < -0.3 is 33.5 Å². The standard InChI is InChI=1S/C56H64F6N4O11/c1-34-22-39(55(57,58)59)24-37(49(34)74-42-18-20-65(30-42)51(71)76-53(2,3)4)27-46(68)44-29-45(64-33-63-44)47(69)28-38-25-40(56(60,61)62)23-36(50(38)75-43-19-21-66(31-43)52(72)77-54(5,6)7)26-41(67)16-12-9-13-17-48(70)73-32-35-14-10-8-11-15-35/h8,10-11,14-15,22-25,29,33,42-43H,9,12-13,16-21,26-28,30-32H2,1-7H3/t42-,43-/m1/s1. The molecule has 21 heteroatoms. The van der Waals surface area contributed by atoms with Gasteiger partial charge in [0.05, 0.1) is 24.2 Å². The van der Waals surface area contributed by atoms with Gasteiger partial charge in [-0.25, -0.2) is 19.6 Å². The lowest BCUT2D eigenvalue weighted by molar-refractivity contribution is -0.145. The van der Waals surface area contributed by atoms with Crippen LogP contribution in [0, 0.1) is 6.92 Å². The number of aromatic nitrogens is 2. The van der Waals surface area contributed by atoms with Crippen molar-refractivity contribution >= 4 is 35.5 Å². The van der Waals surface area contributed by atoms with Gasteiger partial charge in [0.2, 0.25) is 0 Å². The molecule has 0 spiro atoms. The third kappa shape index (κ3) is 17.7. The van der Waals surface area contributed by atoms with Crippen LogP contribution in [0.4, 0.5) is 35.9 Å². The number of ketones is 3. The molecule has 15 nitrogen and oxygen atoms in total. The quantitative estimate of drug-likeness (QED) is 0.0268. The molecule has 0 N–H and O–H groups in total. The van der Waals surface area contributed by atoms with Gasteiger partial charge in [-0.05, 0) is 103 Å². The van der Waals surface area contributed by atoms with E-state index in [0.29, 0.717) is 25.7 Å². The summed E-state index contributed by atoms with van der Waals surface area (Å²) in [6.07, 6.45) is -11.9. The van der Waals surface area contributed by atoms with Gasteiger partial charge in [0, 0.05) is 74.7 Å². The monoisotopic (exact) mass is 1080 g/mol. The van der Waals surface area contributed by atoms with Gasteiger partial charge in [-0.2, -0.15) is 26.3 Å². The fraction of sp³-hybridized carbons (Fsp3) is 0.500. The van der Waals surface area contributed by atoms with Crippen LogP contribution in [0.25, 0.3) is 0 Å². The summed E-state index contributed by atoms with van der Waals surface area (Å²) in [6, 6.07) is 13.2. The summed E-state index contributed by atoms with van der Waals surface area (Å²) in [5, 5.41) is 0. The first kappa shape index (κ1) is 59.2. The Morgan fingerprint density at radius 3 is 1.57 bits per heavy atom. The lowest BCUT2D eigenvalue weighted by Gasteiger charge is -2.25. The first-order valence-electron chi connectivity index (χ1n) is 25.3. The van der Waals surface area contributed by atoms with Gasteiger partial charge in [-0.15, -0.1) is 0 Å². The minimum atomic E-state index is -4.96. The second kappa shape index (κ2) is 24.9. The van der Waals surface area contributed by atoms with Crippen molar-refractivity contribution in [3.05, 3.63) is 117 Å². The van der Waals surface area contributed by atoms with Crippen LogP contribution < -0.4 is 9.47 Å². The van der Waals surface area contributed by atoms with Crippen LogP contribution in [-0.2, 0) is 62.0 Å². The molecule has 1 aromatic heterocycles. The molecular weight excluding hydrogens is 1020 g/mol. The number of halogens is 6. The molecule has 2 atom stereocenters. The van der Waals surface area contributed by atoms with Crippen LogP contribution in [0.3, 0.4) is 0 Å². The number of hydrogen-bond acceptors (Lipinski definition) is 13. The fourth-order valence-corrected chi connectivity index (χ4v) is 8.68. The summed E-state index contributed by atoms with van der Waals surface area (Å²) in [5.41, 5.74) is -4.41. The van der Waals surface area contributed by atoms with E-state index in [1.165, 1.54) is 16.7 Å². The number of ether oxygens (including phenoxy) is 5. The largest absolute Gasteiger partial charge is 0.488 e. The maximum Gasteiger partial charge on any atom is 0.416 e. The number of likely N-dealkylation sites (tertiary alicyclic amines) is 2. The Morgan fingerprint density at radius 2 is 1.06 bits per heavy atom. The van der Waals surface area contributed by atoms with E-state index in [4.69, 9.17) is 23.7 Å². The molecule has 2 aliphatic heterocycles. The molecule has 2 saturated heterocycles. The lowest BCUT2D eigenvalue weighted by Crippen LogP contribution is -2.36. The number of amides is 2. The predicted octanol–water partition coefficient (Wildman–Crippen LogP) is 11.3. The average Bonchev–Trinajstić information content (AvgIpc) is 4.03. The molecule has 2 aliphatic rings. The normalized spacial score (nSPS) is 16.0. The number of aryl methyl sites for hydroxylation is 1. The third-order valence-electron chi connectivity index (χ3n) is 12.3. The zero-order chi connectivity index (χ0) is 56.5. The number of carbonyl (C=O) groups excluding carboxylic acids is 6. The molecule has 0 saturated carbocycles. The van der Waals surface area contributed by atoms with Gasteiger partial charge in [0.15, 0.2) is 11.6 Å². The zero-order valence-corrected chi connectivity index (χ0v) is 44.2. The highest BCUT2D eigenvalue weighted by atomic mass is 19.4. The Hall–Kier alpha value is -7.06. The smallest absolute Gasteiger partial charge is 0.416 e. The Bertz CT molecular complexity index is 2790. The second-order valence-corrected chi connectivity index (χ2v) is 21.2. The highest BCUT2D eigenvalue weighted by molar-refractivity contribution is 6.01. The van der Waals surface area contributed by atoms with Gasteiger partial charge in [0.1, 0.15) is 65.0 Å². The van der Waals surface area contributed by atoms with Crippen LogP contribution in [0.2, 0.25) is 0 Å². The number of nitrogens with zero attached hydrogens (tertiary/aromatic N) is 4. The number of esters is 1. The fourth-order valence-electron chi connectivity index (χ4n) is 8.68. The van der Waals surface area contributed by atoms with Crippen LogP contribution >= 0.6 is 0 Å². The first-order valence-corrected chi connectivity index (χ1v) is 25.3. The van der Waals surface area contributed by atoms with Crippen molar-refractivity contribution in [2.75, 3.05) is 26.2 Å². The van der Waals surface area contributed by atoms with E-state index >= 15 is 0 Å². The molecular formula is C56H64F6N4O11. The highest BCUT2D eigenvalue weighted by Gasteiger charge is 2.38. The topological polar surface area (TPSA) is 181 Å². The number of hydrogen-bond donors (Lipinski definition) is 0. The van der Waals surface area contributed by atoms with Crippen LogP contribution in [0.1, 0.15) is 146 Å². The minimum Gasteiger partial charge on any atom is -0.488 e. The van der Waals surface area contributed by atoms with E-state index in [0.717, 1.165) is 42.2 Å². The molecule has 0 bridgehead atoms. The zero-order valence-electron chi connectivity index (χ0n) is 44.2. The SMILES string of the molecule is Cc1cc(C(F)(F)F)cc(CC(=O)c2cc(C(=O)Cc3cc(C(F)(F)F)cc(CC(=O)CCCCCC(=O)OCc4ccccc4)c3O[C@@H]3CCN(C(=O)OC(C)(C)C)C3)ncn2)c1O[C@@H]1CCN(C(=O)OC(C)(C)C)C1. The van der Waals surface area contributed by atoms with Gasteiger partial charge >= 0.3 is 30.5 Å². The van der Waals surface area contributed by atoms with E-state index in [9.17, 15) is 55.1 Å². The average molecular weight is 1080 g/mol. The lowest BCUT2D eigenvalue weighted by atomic mass is 9.94. The van der Waals surface area contributed by atoms with Gasteiger partial charge in [-0.1, -0.05) is 36.8 Å². The van der Waals surface area contributed by atoms with Crippen molar-refractivity contribution in [3.63, 3.8) is 0 Å². The summed E-state index contributed by atoms with van der Waals surface area (Å²) < 4.78 is 115. The Kier molecular flexibility index (Phi) is 19.2. The molecule has 0 unspecified atom stereocenters. The summed E-state index contributed by atoms with van der Waals surface area (Å²) in [6.45, 7) is 12.1. The van der Waals surface area contributed by atoms with Crippen molar-refractivity contribution in [1.82, 2.24) is 19.8 Å². The Labute approximate surface area is 442 Å². The van der Waals surface area contributed by atoms with E-state index in [-0.39, 0.29) is 85.8 Å². The van der Waals surface area contributed by atoms with Crippen molar-refractivity contribution < 1.29 is 78.8 Å². The molecule has 77 heavy (non-hydrogen) atoms. The molecule has 2 fully saturated rings. The summed E-state index contributed by atoms with van der Waals surface area (Å²) in [4.78, 5) is 90.5. The molecule has 416 valence electrons. The summed E-state index contributed by atoms with van der Waals surface area (Å²) in [7, 11) is 0. The van der Waals surface area contributed by atoms with Crippen LogP contribution in [0.15, 0.2) is 67.0 Å². The molecule has 3 aromatic carbocycles. The van der Waals surface area contributed by atoms with E-state index in [1.54, 1.807) is 41.5 Å². The van der Waals surface area contributed by atoms with Gasteiger partial charge in [-0.3, -0.25) is 19.2 Å². The Balaban J connectivity index is 1.22. The number of carbonyl (C=O) groups is 6. The number of unbranched alkanes of at least 4 members (excludes halogenated alkanes) is 2. The number of rotatable bonds is 20. The summed E-state index contributed by atoms with van der Waals surface area (Å²) >= 11 is 0. The maximum absolute atomic E-state index is 14.7. The summed E-state index contributed by atoms with van der Waals surface area (Å²) in [5.74, 6) is -2.83. The molecule has 0 aliphatic carbocycles. The first-order chi connectivity index (χ1) is 36.0. The maximum atomic E-state index is 14.7. The van der Waals surface area contributed by atoms with Gasteiger partial charge in [0.25, 0.3) is 0 Å². The van der Waals surface area contributed by atoms with E-state index in [1.807, 2.05) is 30.3 Å². The minimum absolute atomic E-state index is 0.0210. The van der Waals surface area contributed by atoms with E-state index in [2.05, 4.69) is 9.97 Å². The van der Waals surface area contributed by atoms with Crippen molar-refractivity contribution in [2.45, 2.75) is 155 Å². The third-order valence-corrected chi connectivity index (χ3v) is 12.3. The number of alkyl halides is 6. The molecule has 6 rings (SSSR count). The van der Waals surface area contributed by atoms with Crippen molar-refractivity contribution in [1.29, 1.82) is 0 Å². The molecule has 4 aromatic rings. The molecule has 3 heterocycles. The predicted molar refractivity (Wildman–Crippen MR) is 267 cm³/mol. The highest BCUT2D eigenvalue weighted by Crippen LogP contribution is 2.39. The number of benzene rings is 3.